The van der Waals surface area contributed by atoms with Crippen molar-refractivity contribution in [3.05, 3.63) is 29.8 Å². The minimum absolute atomic E-state index is 0.498. The summed E-state index contributed by atoms with van der Waals surface area (Å²) in [5.41, 5.74) is 1.38. The second-order valence-corrected chi connectivity index (χ2v) is 6.87. The molecule has 2 atom stereocenters. The third kappa shape index (κ3) is 4.26. The lowest BCUT2D eigenvalue weighted by molar-refractivity contribution is 0.277. The van der Waals surface area contributed by atoms with Gasteiger partial charge in [0.25, 0.3) is 0 Å². The van der Waals surface area contributed by atoms with E-state index in [0.717, 1.165) is 17.8 Å². The van der Waals surface area contributed by atoms with E-state index in [1.165, 1.54) is 18.4 Å². The van der Waals surface area contributed by atoms with E-state index in [2.05, 4.69) is 36.5 Å². The van der Waals surface area contributed by atoms with Crippen LogP contribution < -0.4 is 10.6 Å². The zero-order chi connectivity index (χ0) is 14.4. The summed E-state index contributed by atoms with van der Waals surface area (Å²) in [5.74, 6) is 0.810. The molecule has 0 bridgehead atoms. The molecule has 20 heavy (non-hydrogen) atoms. The maximum absolute atomic E-state index is 5.70. The molecule has 1 aliphatic heterocycles. The summed E-state index contributed by atoms with van der Waals surface area (Å²) in [4.78, 5) is 0. The highest BCUT2D eigenvalue weighted by molar-refractivity contribution is 7.56. The van der Waals surface area contributed by atoms with Crippen molar-refractivity contribution >= 4 is 13.7 Å². The molecule has 1 aromatic carbocycles. The molecule has 1 N–H and O–H groups in total. The van der Waals surface area contributed by atoms with E-state index in [9.17, 15) is 0 Å². The fraction of sp³-hybridized carbons (Fsp3) is 0.625. The molecule has 0 radical (unpaired) electrons. The number of hydrogen-bond donors (Lipinski definition) is 1. The molecule has 0 aromatic heterocycles. The molecule has 0 saturated carbocycles. The van der Waals surface area contributed by atoms with Gasteiger partial charge in [0.1, 0.15) is 0 Å². The van der Waals surface area contributed by atoms with Crippen LogP contribution in [0.1, 0.15) is 45.2 Å². The van der Waals surface area contributed by atoms with Crippen molar-refractivity contribution in [2.45, 2.75) is 39.7 Å². The van der Waals surface area contributed by atoms with Gasteiger partial charge in [-0.1, -0.05) is 19.1 Å². The summed E-state index contributed by atoms with van der Waals surface area (Å²) < 4.78 is 11.4. The maximum atomic E-state index is 5.70. The Kier molecular flexibility index (Phi) is 6.44. The number of piperidine rings is 1. The Morgan fingerprint density at radius 3 is 2.35 bits per heavy atom. The molecule has 0 spiro atoms. The first kappa shape index (κ1) is 15.9. The van der Waals surface area contributed by atoms with Gasteiger partial charge < -0.3 is 14.4 Å². The van der Waals surface area contributed by atoms with Crippen LogP contribution in [0.5, 0.6) is 0 Å². The molecule has 0 aliphatic carbocycles. The minimum Gasteiger partial charge on any atom is -0.331 e. The van der Waals surface area contributed by atoms with Crippen molar-refractivity contribution in [1.29, 1.82) is 0 Å². The first-order valence-corrected chi connectivity index (χ1v) is 8.81. The third-order valence-corrected chi connectivity index (χ3v) is 5.37. The fourth-order valence-electron chi connectivity index (χ4n) is 2.61. The molecular weight excluding hydrogens is 269 g/mol. The van der Waals surface area contributed by atoms with Gasteiger partial charge in [-0.05, 0) is 56.8 Å². The van der Waals surface area contributed by atoms with E-state index < -0.39 is 8.38 Å². The van der Waals surface area contributed by atoms with E-state index in [0.29, 0.717) is 19.3 Å². The molecule has 1 aliphatic rings. The first-order valence-electron chi connectivity index (χ1n) is 7.63. The number of rotatable bonds is 6. The Balaban J connectivity index is 2.04. The summed E-state index contributed by atoms with van der Waals surface area (Å²) in [6.07, 6.45) is 2.51. The van der Waals surface area contributed by atoms with Crippen molar-refractivity contribution < 1.29 is 9.05 Å². The summed E-state index contributed by atoms with van der Waals surface area (Å²) in [5, 5.41) is 4.77. The molecule has 1 fully saturated rings. The van der Waals surface area contributed by atoms with Crippen molar-refractivity contribution in [3.63, 3.8) is 0 Å². The van der Waals surface area contributed by atoms with Crippen molar-refractivity contribution in [3.8, 4) is 0 Å². The Morgan fingerprint density at radius 2 is 1.80 bits per heavy atom. The molecule has 1 aromatic rings. The maximum Gasteiger partial charge on any atom is 0.205 e. The van der Waals surface area contributed by atoms with Crippen LogP contribution in [0.15, 0.2) is 24.3 Å². The lowest BCUT2D eigenvalue weighted by Gasteiger charge is -2.28. The standard InChI is InChI=1S/C16H26NO2P/c1-4-18-20(19-5-2)15-8-6-14(7-9-15)16-12-13(3)10-11-17-16/h6-9,13,16-17H,4-5,10-12H2,1-3H3. The third-order valence-electron chi connectivity index (χ3n) is 3.66. The number of benzene rings is 1. The van der Waals surface area contributed by atoms with Crippen LogP contribution in [-0.4, -0.2) is 19.8 Å². The van der Waals surface area contributed by atoms with E-state index in [4.69, 9.17) is 9.05 Å². The fourth-order valence-corrected chi connectivity index (χ4v) is 3.84. The van der Waals surface area contributed by atoms with Crippen LogP contribution in [0.2, 0.25) is 0 Å². The summed E-state index contributed by atoms with van der Waals surface area (Å²) >= 11 is 0. The van der Waals surface area contributed by atoms with E-state index >= 15 is 0 Å². The largest absolute Gasteiger partial charge is 0.331 e. The van der Waals surface area contributed by atoms with Crippen molar-refractivity contribution in [2.75, 3.05) is 19.8 Å². The van der Waals surface area contributed by atoms with Crippen LogP contribution in [0, 0.1) is 5.92 Å². The van der Waals surface area contributed by atoms with Crippen LogP contribution >= 0.6 is 8.38 Å². The molecule has 2 unspecified atom stereocenters. The monoisotopic (exact) mass is 295 g/mol. The molecule has 1 heterocycles. The second-order valence-electron chi connectivity index (χ2n) is 5.32. The predicted molar refractivity (Wildman–Crippen MR) is 85.4 cm³/mol. The Morgan fingerprint density at radius 1 is 1.15 bits per heavy atom. The normalized spacial score (nSPS) is 23.2. The molecule has 3 nitrogen and oxygen atoms in total. The molecule has 1 saturated heterocycles. The molecule has 0 amide bonds. The second kappa shape index (κ2) is 8.09. The number of nitrogens with one attached hydrogen (secondary N) is 1. The molecule has 2 rings (SSSR count). The molecular formula is C16H26NO2P. The van der Waals surface area contributed by atoms with Gasteiger partial charge in [-0.25, -0.2) is 0 Å². The van der Waals surface area contributed by atoms with E-state index in [1.54, 1.807) is 0 Å². The van der Waals surface area contributed by atoms with Gasteiger partial charge in [0.15, 0.2) is 0 Å². The number of hydrogen-bond acceptors (Lipinski definition) is 3. The zero-order valence-corrected chi connectivity index (χ0v) is 13.7. The van der Waals surface area contributed by atoms with Crippen LogP contribution in [-0.2, 0) is 9.05 Å². The zero-order valence-electron chi connectivity index (χ0n) is 12.8. The average molecular weight is 295 g/mol. The topological polar surface area (TPSA) is 30.5 Å². The Hall–Kier alpha value is -0.470. The van der Waals surface area contributed by atoms with E-state index in [1.807, 2.05) is 13.8 Å². The van der Waals surface area contributed by atoms with E-state index in [-0.39, 0.29) is 0 Å². The average Bonchev–Trinajstić information content (AvgIpc) is 2.47. The van der Waals surface area contributed by atoms with Crippen LogP contribution in [0.25, 0.3) is 0 Å². The summed E-state index contributed by atoms with van der Waals surface area (Å²) in [7, 11) is -0.915. The smallest absolute Gasteiger partial charge is 0.205 e. The van der Waals surface area contributed by atoms with Crippen LogP contribution in [0.4, 0.5) is 0 Å². The Labute approximate surface area is 124 Å². The van der Waals surface area contributed by atoms with Gasteiger partial charge in [-0.3, -0.25) is 0 Å². The van der Waals surface area contributed by atoms with Gasteiger partial charge >= 0.3 is 0 Å². The summed E-state index contributed by atoms with van der Waals surface area (Å²) in [6.45, 7) is 8.86. The lowest BCUT2D eigenvalue weighted by atomic mass is 9.90. The van der Waals surface area contributed by atoms with Crippen molar-refractivity contribution in [1.82, 2.24) is 5.32 Å². The van der Waals surface area contributed by atoms with Gasteiger partial charge in [0.2, 0.25) is 8.38 Å². The summed E-state index contributed by atoms with van der Waals surface area (Å²) in [6, 6.07) is 9.26. The Bertz CT molecular complexity index is 366. The SMILES string of the molecule is CCOP(OCC)c1ccc(C2CC(C)CCN2)cc1. The van der Waals surface area contributed by atoms with Gasteiger partial charge in [-0.2, -0.15) is 0 Å². The quantitative estimate of drug-likeness (QED) is 0.811. The molecule has 112 valence electrons. The highest BCUT2D eigenvalue weighted by Gasteiger charge is 2.20. The highest BCUT2D eigenvalue weighted by Crippen LogP contribution is 2.37. The lowest BCUT2D eigenvalue weighted by Crippen LogP contribution is -2.30. The van der Waals surface area contributed by atoms with Gasteiger partial charge in [0.05, 0.1) is 13.2 Å². The predicted octanol–water partition coefficient (Wildman–Crippen LogP) is 3.76. The van der Waals surface area contributed by atoms with Gasteiger partial charge in [-0.15, -0.1) is 0 Å². The van der Waals surface area contributed by atoms with Crippen LogP contribution in [0.3, 0.4) is 0 Å². The molecule has 4 heteroatoms. The minimum atomic E-state index is -0.915. The van der Waals surface area contributed by atoms with Gasteiger partial charge in [0, 0.05) is 11.3 Å². The van der Waals surface area contributed by atoms with Crippen molar-refractivity contribution in [2.24, 2.45) is 5.92 Å². The first-order chi connectivity index (χ1) is 9.74. The highest BCUT2D eigenvalue weighted by atomic mass is 31.2.